The van der Waals surface area contributed by atoms with Gasteiger partial charge in [0, 0.05) is 21.5 Å². The second kappa shape index (κ2) is 10.1. The van der Waals surface area contributed by atoms with Crippen LogP contribution in [0.5, 0.6) is 5.75 Å². The molecule has 0 fully saturated rings. The lowest BCUT2D eigenvalue weighted by atomic mass is 10.1. The summed E-state index contributed by atoms with van der Waals surface area (Å²) in [5.41, 5.74) is 3.46. The molecule has 3 aromatic carbocycles. The van der Waals surface area contributed by atoms with Crippen LogP contribution in [-0.2, 0) is 4.74 Å². The molecule has 0 unspecified atom stereocenters. The molecule has 0 aliphatic rings. The fourth-order valence-electron chi connectivity index (χ4n) is 3.95. The van der Waals surface area contributed by atoms with E-state index in [1.165, 1.54) is 0 Å². The quantitative estimate of drug-likeness (QED) is 0.271. The number of nitrogens with one attached hydrogen (secondary N) is 1. The maximum Gasteiger partial charge on any atom is 0.358 e. The van der Waals surface area contributed by atoms with E-state index in [2.05, 4.69) is 10.4 Å². The van der Waals surface area contributed by atoms with Crippen molar-refractivity contribution in [2.75, 3.05) is 19.0 Å². The van der Waals surface area contributed by atoms with Crippen molar-refractivity contribution in [3.63, 3.8) is 0 Å². The fourth-order valence-corrected chi connectivity index (χ4v) is 4.72. The molecule has 0 aliphatic heterocycles. The smallest absolute Gasteiger partial charge is 0.358 e. The fraction of sp³-hybridized carbons (Fsp3) is 0.107. The highest BCUT2D eigenvalue weighted by atomic mass is 32.1. The number of ether oxygens (including phenoxy) is 2. The highest BCUT2D eigenvalue weighted by Crippen LogP contribution is 2.31. The van der Waals surface area contributed by atoms with E-state index in [-0.39, 0.29) is 18.2 Å². The normalized spacial score (nSPS) is 10.8. The second-order valence-electron chi connectivity index (χ2n) is 7.93. The maximum absolute atomic E-state index is 13.0. The zero-order valence-electron chi connectivity index (χ0n) is 19.7. The van der Waals surface area contributed by atoms with Gasteiger partial charge in [-0.25, -0.2) is 9.48 Å². The summed E-state index contributed by atoms with van der Waals surface area (Å²) in [5.74, 6) is -0.114. The Hall–Kier alpha value is -4.43. The number of hydrogen-bond donors (Lipinski definition) is 1. The number of carbonyl (C=O) groups is 2. The second-order valence-corrected chi connectivity index (χ2v) is 8.87. The van der Waals surface area contributed by atoms with Crippen molar-refractivity contribution in [1.82, 2.24) is 9.78 Å². The predicted octanol–water partition coefficient (Wildman–Crippen LogP) is 6.19. The number of carbonyl (C=O) groups excluding carboxylic acids is 2. The van der Waals surface area contributed by atoms with Crippen LogP contribution >= 0.6 is 11.3 Å². The van der Waals surface area contributed by atoms with Crippen LogP contribution in [0.1, 0.15) is 27.8 Å². The van der Waals surface area contributed by atoms with Gasteiger partial charge in [-0.1, -0.05) is 24.3 Å². The molecule has 0 atom stereocenters. The Bertz CT molecular complexity index is 1570. The van der Waals surface area contributed by atoms with E-state index < -0.39 is 5.97 Å². The molecule has 36 heavy (non-hydrogen) atoms. The Morgan fingerprint density at radius 3 is 2.69 bits per heavy atom. The van der Waals surface area contributed by atoms with Crippen molar-refractivity contribution >= 4 is 39.0 Å². The van der Waals surface area contributed by atoms with Gasteiger partial charge < -0.3 is 14.8 Å². The van der Waals surface area contributed by atoms with E-state index >= 15 is 0 Å². The topological polar surface area (TPSA) is 82.5 Å². The summed E-state index contributed by atoms with van der Waals surface area (Å²) in [5, 5.41) is 10.5. The summed E-state index contributed by atoms with van der Waals surface area (Å²) < 4.78 is 13.5. The Kier molecular flexibility index (Phi) is 6.51. The lowest BCUT2D eigenvalue weighted by Gasteiger charge is -2.12. The molecule has 0 aliphatic carbocycles. The minimum Gasteiger partial charge on any atom is -0.494 e. The number of amides is 1. The molecule has 0 bridgehead atoms. The molecule has 0 saturated heterocycles. The molecule has 1 N–H and O–H groups in total. The highest BCUT2D eigenvalue weighted by Gasteiger charge is 2.20. The number of hydrogen-bond acceptors (Lipinski definition) is 6. The summed E-state index contributed by atoms with van der Waals surface area (Å²) >= 11 is 1.64. The van der Waals surface area contributed by atoms with Gasteiger partial charge in [0.15, 0.2) is 5.69 Å². The first-order chi connectivity index (χ1) is 17.6. The Labute approximate surface area is 211 Å². The number of thiophene rings is 1. The number of anilines is 1. The van der Waals surface area contributed by atoms with E-state index in [0.717, 1.165) is 15.6 Å². The Balaban J connectivity index is 1.52. The number of benzene rings is 3. The van der Waals surface area contributed by atoms with Crippen LogP contribution in [0.2, 0.25) is 0 Å². The van der Waals surface area contributed by atoms with Crippen LogP contribution in [0, 0.1) is 0 Å². The molecule has 8 heteroatoms. The molecule has 5 rings (SSSR count). The number of aromatic nitrogens is 2. The SMILES string of the molecule is CCOC(=O)c1cc(-c2cccc(NC(=O)c3ccc4sccc4c3)c2)n(-c2ccccc2OC)n1. The van der Waals surface area contributed by atoms with Gasteiger partial charge in [0.2, 0.25) is 0 Å². The zero-order chi connectivity index (χ0) is 25.1. The van der Waals surface area contributed by atoms with E-state index in [0.29, 0.717) is 28.4 Å². The summed E-state index contributed by atoms with van der Waals surface area (Å²) in [4.78, 5) is 25.4. The summed E-state index contributed by atoms with van der Waals surface area (Å²) in [6.45, 7) is 1.99. The van der Waals surface area contributed by atoms with E-state index in [9.17, 15) is 9.59 Å². The van der Waals surface area contributed by atoms with E-state index in [1.807, 2.05) is 78.2 Å². The average Bonchev–Trinajstić information content (AvgIpc) is 3.56. The molecule has 0 saturated carbocycles. The van der Waals surface area contributed by atoms with Crippen molar-refractivity contribution < 1.29 is 19.1 Å². The molecule has 2 aromatic heterocycles. The first-order valence-corrected chi connectivity index (χ1v) is 12.2. The summed E-state index contributed by atoms with van der Waals surface area (Å²) in [6.07, 6.45) is 0. The van der Waals surface area contributed by atoms with Gasteiger partial charge in [-0.15, -0.1) is 11.3 Å². The van der Waals surface area contributed by atoms with Crippen LogP contribution in [0.15, 0.2) is 84.2 Å². The van der Waals surface area contributed by atoms with Gasteiger partial charge in [-0.3, -0.25) is 4.79 Å². The standard InChI is InChI=1S/C28H23N3O4S/c1-3-35-28(33)22-17-24(31(30-22)23-9-4-5-10-25(23)34-2)18-7-6-8-21(16-18)29-27(32)20-11-12-26-19(15-20)13-14-36-26/h4-17H,3H2,1-2H3,(H,29,32). The van der Waals surface area contributed by atoms with Crippen molar-refractivity contribution in [1.29, 1.82) is 0 Å². The molecule has 0 radical (unpaired) electrons. The maximum atomic E-state index is 13.0. The molecular formula is C28H23N3O4S. The van der Waals surface area contributed by atoms with Crippen LogP contribution in [0.25, 0.3) is 27.0 Å². The van der Waals surface area contributed by atoms with Crippen LogP contribution < -0.4 is 10.1 Å². The third kappa shape index (κ3) is 4.58. The van der Waals surface area contributed by atoms with Crippen molar-refractivity contribution in [3.05, 3.63) is 95.5 Å². The molecule has 5 aromatic rings. The number of fused-ring (bicyclic) bond motifs is 1. The average molecular weight is 498 g/mol. The van der Waals surface area contributed by atoms with Crippen LogP contribution in [0.3, 0.4) is 0 Å². The van der Waals surface area contributed by atoms with Gasteiger partial charge in [-0.2, -0.15) is 5.10 Å². The molecule has 180 valence electrons. The summed E-state index contributed by atoms with van der Waals surface area (Å²) in [7, 11) is 1.58. The van der Waals surface area contributed by atoms with Gasteiger partial charge in [0.25, 0.3) is 5.91 Å². The first-order valence-electron chi connectivity index (χ1n) is 11.4. The number of rotatable bonds is 7. The Morgan fingerprint density at radius 1 is 1.00 bits per heavy atom. The third-order valence-corrected chi connectivity index (χ3v) is 6.54. The van der Waals surface area contributed by atoms with Gasteiger partial charge in [0.05, 0.1) is 19.4 Å². The van der Waals surface area contributed by atoms with Crippen LogP contribution in [0.4, 0.5) is 5.69 Å². The third-order valence-electron chi connectivity index (χ3n) is 5.64. The lowest BCUT2D eigenvalue weighted by molar-refractivity contribution is 0.0518. The molecule has 7 nitrogen and oxygen atoms in total. The van der Waals surface area contributed by atoms with Gasteiger partial charge in [-0.05, 0) is 72.3 Å². The first kappa shape index (κ1) is 23.3. The largest absolute Gasteiger partial charge is 0.494 e. The van der Waals surface area contributed by atoms with Crippen LogP contribution in [-0.4, -0.2) is 35.4 Å². The van der Waals surface area contributed by atoms with Crippen molar-refractivity contribution in [2.24, 2.45) is 0 Å². The van der Waals surface area contributed by atoms with E-state index in [1.54, 1.807) is 36.1 Å². The molecule has 0 spiro atoms. The molecule has 2 heterocycles. The van der Waals surface area contributed by atoms with Crippen molar-refractivity contribution in [2.45, 2.75) is 6.92 Å². The zero-order valence-corrected chi connectivity index (χ0v) is 20.5. The highest BCUT2D eigenvalue weighted by molar-refractivity contribution is 7.17. The van der Waals surface area contributed by atoms with E-state index in [4.69, 9.17) is 9.47 Å². The number of methoxy groups -OCH3 is 1. The number of para-hydroxylation sites is 2. The number of esters is 1. The van der Waals surface area contributed by atoms with Crippen molar-refractivity contribution in [3.8, 4) is 22.7 Å². The van der Waals surface area contributed by atoms with Gasteiger partial charge >= 0.3 is 5.97 Å². The Morgan fingerprint density at radius 2 is 1.86 bits per heavy atom. The lowest BCUT2D eigenvalue weighted by Crippen LogP contribution is -2.11. The molecular weight excluding hydrogens is 474 g/mol. The predicted molar refractivity (Wildman–Crippen MR) is 141 cm³/mol. The van der Waals surface area contributed by atoms with Gasteiger partial charge in [0.1, 0.15) is 11.4 Å². The minimum atomic E-state index is -0.513. The summed E-state index contributed by atoms with van der Waals surface area (Å²) in [6, 6.07) is 24.1. The minimum absolute atomic E-state index is 0.177. The monoisotopic (exact) mass is 497 g/mol. The number of nitrogens with zero attached hydrogens (tertiary/aromatic N) is 2. The molecule has 1 amide bonds.